The van der Waals surface area contributed by atoms with Crippen molar-refractivity contribution in [3.05, 3.63) is 0 Å². The first-order valence-corrected chi connectivity index (χ1v) is 5.98. The van der Waals surface area contributed by atoms with E-state index in [2.05, 4.69) is 20.8 Å². The molecule has 2 nitrogen and oxygen atoms in total. The molecule has 1 saturated heterocycles. The van der Waals surface area contributed by atoms with E-state index in [0.29, 0.717) is 30.1 Å². The van der Waals surface area contributed by atoms with E-state index in [4.69, 9.17) is 21.1 Å². The van der Waals surface area contributed by atoms with Gasteiger partial charge in [-0.1, -0.05) is 6.92 Å². The molecule has 3 heteroatoms. The van der Waals surface area contributed by atoms with Crippen molar-refractivity contribution in [1.29, 1.82) is 0 Å². The fraction of sp³-hybridized carbons (Fsp3) is 1.00. The van der Waals surface area contributed by atoms with E-state index in [1.54, 1.807) is 0 Å². The summed E-state index contributed by atoms with van der Waals surface area (Å²) >= 11 is 5.72. The molecule has 84 valence electrons. The van der Waals surface area contributed by atoms with Gasteiger partial charge in [0, 0.05) is 5.88 Å². The number of ether oxygens (including phenoxy) is 2. The monoisotopic (exact) mass is 220 g/mol. The van der Waals surface area contributed by atoms with Crippen molar-refractivity contribution in [3.63, 3.8) is 0 Å². The van der Waals surface area contributed by atoms with Crippen molar-refractivity contribution in [2.45, 2.75) is 51.9 Å². The number of alkyl halides is 1. The van der Waals surface area contributed by atoms with Crippen LogP contribution in [0, 0.1) is 5.92 Å². The second-order valence-corrected chi connectivity index (χ2v) is 4.75. The first kappa shape index (κ1) is 12.3. The average Bonchev–Trinajstić information content (AvgIpc) is 2.12. The lowest BCUT2D eigenvalue weighted by Gasteiger charge is -2.32. The largest absolute Gasteiger partial charge is 0.378 e. The van der Waals surface area contributed by atoms with Crippen LogP contribution in [0.15, 0.2) is 0 Å². The zero-order valence-corrected chi connectivity index (χ0v) is 10.1. The van der Waals surface area contributed by atoms with Gasteiger partial charge in [0.25, 0.3) is 0 Å². The zero-order chi connectivity index (χ0) is 10.6. The maximum atomic E-state index is 5.81. The molecule has 0 N–H and O–H groups in total. The standard InChI is InChI=1S/C11H21ClO2/c1-8(6-12)7-13-11-4-9(2)14-10(3)5-11/h8-11H,4-7H2,1-3H3. The molecule has 3 unspecified atom stereocenters. The molecule has 0 aromatic carbocycles. The van der Waals surface area contributed by atoms with E-state index in [-0.39, 0.29) is 0 Å². The summed E-state index contributed by atoms with van der Waals surface area (Å²) in [6, 6.07) is 0. The minimum atomic E-state index is 0.329. The molecule has 0 aromatic rings. The van der Waals surface area contributed by atoms with Gasteiger partial charge in [-0.2, -0.15) is 0 Å². The third-order valence-electron chi connectivity index (χ3n) is 2.53. The van der Waals surface area contributed by atoms with Gasteiger partial charge in [0.1, 0.15) is 0 Å². The van der Waals surface area contributed by atoms with Gasteiger partial charge in [-0.15, -0.1) is 11.6 Å². The van der Waals surface area contributed by atoms with Gasteiger partial charge in [-0.05, 0) is 32.6 Å². The molecule has 1 rings (SSSR count). The average molecular weight is 221 g/mol. The molecule has 0 saturated carbocycles. The molecule has 0 bridgehead atoms. The van der Waals surface area contributed by atoms with Gasteiger partial charge in [0.05, 0.1) is 24.9 Å². The molecule has 14 heavy (non-hydrogen) atoms. The highest BCUT2D eigenvalue weighted by Crippen LogP contribution is 2.22. The summed E-state index contributed by atoms with van der Waals surface area (Å²) < 4.78 is 11.5. The normalized spacial score (nSPS) is 35.6. The summed E-state index contributed by atoms with van der Waals surface area (Å²) in [4.78, 5) is 0. The summed E-state index contributed by atoms with van der Waals surface area (Å²) in [6.45, 7) is 7.10. The van der Waals surface area contributed by atoms with Gasteiger partial charge in [-0.3, -0.25) is 0 Å². The molecule has 0 spiro atoms. The minimum absolute atomic E-state index is 0.329. The van der Waals surface area contributed by atoms with Crippen LogP contribution < -0.4 is 0 Å². The lowest BCUT2D eigenvalue weighted by molar-refractivity contribution is -0.105. The molecule has 0 aromatic heterocycles. The van der Waals surface area contributed by atoms with Crippen molar-refractivity contribution in [2.24, 2.45) is 5.92 Å². The summed E-state index contributed by atoms with van der Waals surface area (Å²) in [5.41, 5.74) is 0. The van der Waals surface area contributed by atoms with E-state index in [9.17, 15) is 0 Å². The molecular formula is C11H21ClO2. The highest BCUT2D eigenvalue weighted by Gasteiger charge is 2.25. The van der Waals surface area contributed by atoms with Gasteiger partial charge in [-0.25, -0.2) is 0 Å². The molecule has 1 fully saturated rings. The number of hydrogen-bond acceptors (Lipinski definition) is 2. The first-order chi connectivity index (χ1) is 6.61. The Morgan fingerprint density at radius 2 is 1.93 bits per heavy atom. The predicted molar refractivity (Wildman–Crippen MR) is 58.9 cm³/mol. The lowest BCUT2D eigenvalue weighted by atomic mass is 10.0. The first-order valence-electron chi connectivity index (χ1n) is 5.44. The molecule has 1 aliphatic rings. The molecule has 0 radical (unpaired) electrons. The molecule has 1 heterocycles. The third kappa shape index (κ3) is 4.16. The Bertz CT molecular complexity index is 153. The second kappa shape index (κ2) is 5.94. The molecule has 3 atom stereocenters. The van der Waals surface area contributed by atoms with Gasteiger partial charge >= 0.3 is 0 Å². The second-order valence-electron chi connectivity index (χ2n) is 4.44. The van der Waals surface area contributed by atoms with E-state index in [1.807, 2.05) is 0 Å². The summed E-state index contributed by atoms with van der Waals surface area (Å²) in [5, 5.41) is 0. The van der Waals surface area contributed by atoms with Crippen LogP contribution in [0.5, 0.6) is 0 Å². The van der Waals surface area contributed by atoms with Crippen LogP contribution in [0.1, 0.15) is 33.6 Å². The Morgan fingerprint density at radius 1 is 1.36 bits per heavy atom. The number of hydrogen-bond donors (Lipinski definition) is 0. The topological polar surface area (TPSA) is 18.5 Å². The quantitative estimate of drug-likeness (QED) is 0.679. The smallest absolute Gasteiger partial charge is 0.0624 e. The Kier molecular flexibility index (Phi) is 5.21. The van der Waals surface area contributed by atoms with Crippen LogP contribution in [0.25, 0.3) is 0 Å². The van der Waals surface area contributed by atoms with E-state index >= 15 is 0 Å². The van der Waals surface area contributed by atoms with Crippen molar-refractivity contribution in [2.75, 3.05) is 12.5 Å². The van der Waals surface area contributed by atoms with E-state index in [1.165, 1.54) is 0 Å². The van der Waals surface area contributed by atoms with Crippen LogP contribution in [-0.4, -0.2) is 30.8 Å². The van der Waals surface area contributed by atoms with E-state index < -0.39 is 0 Å². The van der Waals surface area contributed by atoms with Crippen LogP contribution in [0.4, 0.5) is 0 Å². The molecule has 0 aliphatic carbocycles. The van der Waals surface area contributed by atoms with Crippen molar-refractivity contribution in [1.82, 2.24) is 0 Å². The highest BCUT2D eigenvalue weighted by atomic mass is 35.5. The third-order valence-corrected chi connectivity index (χ3v) is 3.06. The highest BCUT2D eigenvalue weighted by molar-refractivity contribution is 6.18. The van der Waals surface area contributed by atoms with Gasteiger partial charge in [0.2, 0.25) is 0 Å². The van der Waals surface area contributed by atoms with Crippen LogP contribution >= 0.6 is 11.6 Å². The van der Waals surface area contributed by atoms with E-state index in [0.717, 1.165) is 19.4 Å². The fourth-order valence-electron chi connectivity index (χ4n) is 1.83. The van der Waals surface area contributed by atoms with Crippen molar-refractivity contribution >= 4 is 11.6 Å². The Labute approximate surface area is 91.9 Å². The van der Waals surface area contributed by atoms with Crippen LogP contribution in [0.3, 0.4) is 0 Å². The molecule has 1 aliphatic heterocycles. The maximum absolute atomic E-state index is 5.81. The minimum Gasteiger partial charge on any atom is -0.378 e. The van der Waals surface area contributed by atoms with Gasteiger partial charge < -0.3 is 9.47 Å². The predicted octanol–water partition coefficient (Wildman–Crippen LogP) is 2.83. The SMILES string of the molecule is CC(CCl)COC1CC(C)OC(C)C1. The Morgan fingerprint density at radius 3 is 2.43 bits per heavy atom. The summed E-state index contributed by atoms with van der Waals surface area (Å²) in [6.07, 6.45) is 3.04. The summed E-state index contributed by atoms with van der Waals surface area (Å²) in [5.74, 6) is 1.12. The molecular weight excluding hydrogens is 200 g/mol. The Balaban J connectivity index is 2.23. The Hall–Kier alpha value is 0.210. The van der Waals surface area contributed by atoms with Crippen LogP contribution in [-0.2, 0) is 9.47 Å². The lowest BCUT2D eigenvalue weighted by Crippen LogP contribution is -2.34. The summed E-state index contributed by atoms with van der Waals surface area (Å²) in [7, 11) is 0. The number of rotatable bonds is 4. The van der Waals surface area contributed by atoms with Crippen molar-refractivity contribution < 1.29 is 9.47 Å². The maximum Gasteiger partial charge on any atom is 0.0624 e. The number of halogens is 1. The van der Waals surface area contributed by atoms with Crippen molar-refractivity contribution in [3.8, 4) is 0 Å². The zero-order valence-electron chi connectivity index (χ0n) is 9.33. The molecule has 0 amide bonds. The van der Waals surface area contributed by atoms with Crippen LogP contribution in [0.2, 0.25) is 0 Å². The van der Waals surface area contributed by atoms with Gasteiger partial charge in [0.15, 0.2) is 0 Å². The fourth-order valence-corrected chi connectivity index (χ4v) is 1.91.